The van der Waals surface area contributed by atoms with E-state index in [9.17, 15) is 4.79 Å². The third-order valence-electron chi connectivity index (χ3n) is 6.16. The minimum absolute atomic E-state index is 0.0754. The summed E-state index contributed by atoms with van der Waals surface area (Å²) in [5.41, 5.74) is 3.63. The van der Waals surface area contributed by atoms with Crippen LogP contribution in [0.4, 0.5) is 5.82 Å². The number of H-pyrrole nitrogens is 2. The SMILES string of the molecule is O=C(c1ccc2cc[nH]c2c1)N1CCCN(c2cc(-c3ccc4c(c3)OCO4)[nH]n2)CC1. The predicted molar refractivity (Wildman–Crippen MR) is 121 cm³/mol. The van der Waals surface area contributed by atoms with Gasteiger partial charge in [0, 0.05) is 55.1 Å². The van der Waals surface area contributed by atoms with Crippen molar-refractivity contribution in [3.63, 3.8) is 0 Å². The molecule has 0 saturated carbocycles. The zero-order valence-electron chi connectivity index (χ0n) is 17.5. The fraction of sp³-hybridized carbons (Fsp3) is 0.250. The van der Waals surface area contributed by atoms with Crippen molar-refractivity contribution in [3.8, 4) is 22.8 Å². The Morgan fingerprint density at radius 3 is 2.84 bits per heavy atom. The van der Waals surface area contributed by atoms with E-state index >= 15 is 0 Å². The normalized spacial score (nSPS) is 15.9. The van der Waals surface area contributed by atoms with Crippen LogP contribution in [0, 0.1) is 0 Å². The summed E-state index contributed by atoms with van der Waals surface area (Å²) in [6.07, 6.45) is 2.78. The molecule has 8 heteroatoms. The highest BCUT2D eigenvalue weighted by Gasteiger charge is 2.22. The summed E-state index contributed by atoms with van der Waals surface area (Å²) in [6.45, 7) is 3.24. The number of fused-ring (bicyclic) bond motifs is 2. The molecule has 8 nitrogen and oxygen atoms in total. The molecular formula is C24H23N5O3. The van der Waals surface area contributed by atoms with Gasteiger partial charge in [-0.15, -0.1) is 0 Å². The fourth-order valence-corrected chi connectivity index (χ4v) is 4.40. The van der Waals surface area contributed by atoms with Crippen molar-refractivity contribution in [1.29, 1.82) is 0 Å². The molecule has 0 atom stereocenters. The van der Waals surface area contributed by atoms with E-state index in [0.29, 0.717) is 6.54 Å². The Hall–Kier alpha value is -3.94. The number of aromatic amines is 2. The van der Waals surface area contributed by atoms with Gasteiger partial charge < -0.3 is 24.3 Å². The average molecular weight is 429 g/mol. The Morgan fingerprint density at radius 1 is 0.938 bits per heavy atom. The second kappa shape index (κ2) is 7.64. The highest BCUT2D eigenvalue weighted by molar-refractivity contribution is 5.98. The molecule has 2 aliphatic heterocycles. The topological polar surface area (TPSA) is 86.5 Å². The number of amides is 1. The van der Waals surface area contributed by atoms with E-state index in [4.69, 9.17) is 9.47 Å². The van der Waals surface area contributed by atoms with Crippen LogP contribution in [0.25, 0.3) is 22.2 Å². The molecule has 0 unspecified atom stereocenters. The summed E-state index contributed by atoms with van der Waals surface area (Å²) in [6, 6.07) is 15.8. The maximum absolute atomic E-state index is 13.1. The first-order valence-corrected chi connectivity index (χ1v) is 10.8. The number of nitrogens with zero attached hydrogens (tertiary/aromatic N) is 3. The number of rotatable bonds is 3. The van der Waals surface area contributed by atoms with Gasteiger partial charge in [-0.1, -0.05) is 6.07 Å². The van der Waals surface area contributed by atoms with Crippen molar-refractivity contribution >= 4 is 22.6 Å². The van der Waals surface area contributed by atoms with Crippen molar-refractivity contribution < 1.29 is 14.3 Å². The minimum Gasteiger partial charge on any atom is -0.454 e. The van der Waals surface area contributed by atoms with Crippen LogP contribution in [0.2, 0.25) is 0 Å². The molecule has 0 aliphatic carbocycles. The summed E-state index contributed by atoms with van der Waals surface area (Å²) in [5, 5.41) is 8.77. The zero-order valence-corrected chi connectivity index (χ0v) is 17.5. The van der Waals surface area contributed by atoms with Crippen molar-refractivity contribution in [3.05, 3.63) is 60.3 Å². The zero-order chi connectivity index (χ0) is 21.5. The number of ether oxygens (including phenoxy) is 2. The van der Waals surface area contributed by atoms with Crippen molar-refractivity contribution in [2.75, 3.05) is 37.9 Å². The lowest BCUT2D eigenvalue weighted by atomic mass is 10.1. The van der Waals surface area contributed by atoms with Crippen molar-refractivity contribution in [1.82, 2.24) is 20.1 Å². The fourth-order valence-electron chi connectivity index (χ4n) is 4.40. The van der Waals surface area contributed by atoms with E-state index in [2.05, 4.69) is 20.1 Å². The second-order valence-electron chi connectivity index (χ2n) is 8.12. The predicted octanol–water partition coefficient (Wildman–Crippen LogP) is 3.64. The van der Waals surface area contributed by atoms with Gasteiger partial charge in [-0.3, -0.25) is 9.89 Å². The van der Waals surface area contributed by atoms with E-state index in [0.717, 1.165) is 71.1 Å². The molecule has 0 spiro atoms. The van der Waals surface area contributed by atoms with Crippen LogP contribution in [0.15, 0.2) is 54.7 Å². The van der Waals surface area contributed by atoms with Crippen molar-refractivity contribution in [2.45, 2.75) is 6.42 Å². The largest absolute Gasteiger partial charge is 0.454 e. The lowest BCUT2D eigenvalue weighted by Gasteiger charge is -2.22. The molecule has 4 aromatic rings. The van der Waals surface area contributed by atoms with E-state index < -0.39 is 0 Å². The molecule has 32 heavy (non-hydrogen) atoms. The van der Waals surface area contributed by atoms with Crippen LogP contribution < -0.4 is 14.4 Å². The molecule has 6 rings (SSSR count). The maximum atomic E-state index is 13.1. The van der Waals surface area contributed by atoms with E-state index in [1.54, 1.807) is 0 Å². The summed E-state index contributed by atoms with van der Waals surface area (Å²) in [4.78, 5) is 20.4. The van der Waals surface area contributed by atoms with Gasteiger partial charge in [-0.25, -0.2) is 0 Å². The molecule has 2 aromatic heterocycles. The van der Waals surface area contributed by atoms with Gasteiger partial charge in [0.15, 0.2) is 17.3 Å². The van der Waals surface area contributed by atoms with Crippen LogP contribution in [0.1, 0.15) is 16.8 Å². The molecule has 0 bridgehead atoms. The third-order valence-corrected chi connectivity index (χ3v) is 6.16. The molecule has 1 saturated heterocycles. The lowest BCUT2D eigenvalue weighted by Crippen LogP contribution is -2.35. The Bertz CT molecular complexity index is 1290. The highest BCUT2D eigenvalue weighted by atomic mass is 16.7. The summed E-state index contributed by atoms with van der Waals surface area (Å²) >= 11 is 0. The lowest BCUT2D eigenvalue weighted by molar-refractivity contribution is 0.0767. The molecule has 4 heterocycles. The molecular weight excluding hydrogens is 406 g/mol. The number of aromatic nitrogens is 3. The van der Waals surface area contributed by atoms with E-state index in [1.807, 2.05) is 59.6 Å². The van der Waals surface area contributed by atoms with Gasteiger partial charge >= 0.3 is 0 Å². The minimum atomic E-state index is 0.0754. The van der Waals surface area contributed by atoms with Crippen molar-refractivity contribution in [2.24, 2.45) is 0 Å². The average Bonchev–Trinajstić information content (AvgIpc) is 3.55. The van der Waals surface area contributed by atoms with Crippen LogP contribution in [-0.4, -0.2) is 59.0 Å². The third kappa shape index (κ3) is 3.33. The first-order chi connectivity index (χ1) is 15.7. The van der Waals surface area contributed by atoms with Gasteiger partial charge in [-0.05, 0) is 48.2 Å². The van der Waals surface area contributed by atoms with Crippen LogP contribution in [0.5, 0.6) is 11.5 Å². The molecule has 2 N–H and O–H groups in total. The van der Waals surface area contributed by atoms with Gasteiger partial charge in [0.2, 0.25) is 6.79 Å². The quantitative estimate of drug-likeness (QED) is 0.519. The molecule has 2 aromatic carbocycles. The summed E-state index contributed by atoms with van der Waals surface area (Å²) < 4.78 is 10.9. The maximum Gasteiger partial charge on any atom is 0.253 e. The first-order valence-electron chi connectivity index (χ1n) is 10.8. The van der Waals surface area contributed by atoms with E-state index in [1.165, 1.54) is 0 Å². The number of anilines is 1. The van der Waals surface area contributed by atoms with E-state index in [-0.39, 0.29) is 12.7 Å². The number of carbonyl (C=O) groups excluding carboxylic acids is 1. The number of benzene rings is 2. The van der Waals surface area contributed by atoms with Gasteiger partial charge in [0.25, 0.3) is 5.91 Å². The molecule has 0 radical (unpaired) electrons. The van der Waals surface area contributed by atoms with Gasteiger partial charge in [0.05, 0.1) is 5.69 Å². The smallest absolute Gasteiger partial charge is 0.253 e. The van der Waals surface area contributed by atoms with Crippen LogP contribution in [0.3, 0.4) is 0 Å². The van der Waals surface area contributed by atoms with Gasteiger partial charge in [-0.2, -0.15) is 5.10 Å². The second-order valence-corrected chi connectivity index (χ2v) is 8.12. The summed E-state index contributed by atoms with van der Waals surface area (Å²) in [5.74, 6) is 2.48. The molecule has 2 aliphatic rings. The number of hydrogen-bond donors (Lipinski definition) is 2. The summed E-state index contributed by atoms with van der Waals surface area (Å²) in [7, 11) is 0. The van der Waals surface area contributed by atoms with Crippen LogP contribution in [-0.2, 0) is 0 Å². The first kappa shape index (κ1) is 18.8. The monoisotopic (exact) mass is 429 g/mol. The Labute approximate surface area is 184 Å². The Kier molecular flexibility index (Phi) is 4.49. The number of carbonyl (C=O) groups is 1. The highest BCUT2D eigenvalue weighted by Crippen LogP contribution is 2.36. The number of hydrogen-bond acceptors (Lipinski definition) is 5. The molecule has 162 valence electrons. The standard InChI is InChI=1S/C24H23N5O3/c30-24(18-3-2-16-6-7-25-19(16)12-18)29-9-1-8-28(10-11-29)23-14-20(26-27-23)17-4-5-21-22(13-17)32-15-31-21/h2-7,12-14,25H,1,8-11,15H2,(H,26,27). The molecule has 1 fully saturated rings. The number of nitrogens with one attached hydrogen (secondary N) is 2. The Balaban J connectivity index is 1.16. The van der Waals surface area contributed by atoms with Crippen LogP contribution >= 0.6 is 0 Å². The Morgan fingerprint density at radius 2 is 1.88 bits per heavy atom. The van der Waals surface area contributed by atoms with Gasteiger partial charge in [0.1, 0.15) is 0 Å². The molecule has 1 amide bonds.